The number of carbonyl (C=O) groups is 1. The van der Waals surface area contributed by atoms with E-state index in [1.54, 1.807) is 4.90 Å². The lowest BCUT2D eigenvalue weighted by Gasteiger charge is -2.31. The highest BCUT2D eigenvalue weighted by Gasteiger charge is 2.38. The number of hydrogen-bond acceptors (Lipinski definition) is 1. The Morgan fingerprint density at radius 3 is 2.06 bits per heavy atom. The summed E-state index contributed by atoms with van der Waals surface area (Å²) in [7, 11) is 0. The Balaban J connectivity index is 2.51. The third kappa shape index (κ3) is 4.59. The predicted octanol–water partition coefficient (Wildman–Crippen LogP) is 3.12. The van der Waals surface area contributed by atoms with Crippen LogP contribution in [0.3, 0.4) is 0 Å². The Kier molecular flexibility index (Phi) is 5.93. The first-order valence-corrected chi connectivity index (χ1v) is 6.85. The molecule has 0 aromatic carbocycles. The molecule has 1 rings (SSSR count). The summed E-state index contributed by atoms with van der Waals surface area (Å²) >= 11 is 11.2. The molecule has 6 heteroatoms. The van der Waals surface area contributed by atoms with E-state index in [1.807, 2.05) is 0 Å². The maximum Gasteiger partial charge on any atom is 0.248 e. The lowest BCUT2D eigenvalue weighted by atomic mass is 9.86. The molecule has 0 heterocycles. The fraction of sp³-hybridized carbons (Fsp3) is 0.909. The average Bonchev–Trinajstić information content (AvgIpc) is 2.28. The van der Waals surface area contributed by atoms with E-state index < -0.39 is 5.92 Å². The molecular weight excluding hydrogens is 271 g/mol. The van der Waals surface area contributed by atoms with Gasteiger partial charge in [0.25, 0.3) is 0 Å². The molecular formula is C11H17Cl2F2NO. The van der Waals surface area contributed by atoms with Gasteiger partial charge in [-0.05, 0) is 12.8 Å². The lowest BCUT2D eigenvalue weighted by molar-refractivity contribution is -0.139. The summed E-state index contributed by atoms with van der Waals surface area (Å²) in [4.78, 5) is 13.6. The van der Waals surface area contributed by atoms with Crippen LogP contribution in [0.5, 0.6) is 0 Å². The normalized spacial score (nSPS) is 20.2. The Morgan fingerprint density at radius 1 is 1.18 bits per heavy atom. The largest absolute Gasteiger partial charge is 0.340 e. The first-order valence-electron chi connectivity index (χ1n) is 5.78. The quantitative estimate of drug-likeness (QED) is 0.712. The minimum absolute atomic E-state index is 0.0817. The van der Waals surface area contributed by atoms with Crippen molar-refractivity contribution in [3.63, 3.8) is 0 Å². The molecule has 1 aliphatic rings. The zero-order valence-corrected chi connectivity index (χ0v) is 11.1. The Bertz CT molecular complexity index is 248. The first kappa shape index (κ1) is 15.0. The highest BCUT2D eigenvalue weighted by Crippen LogP contribution is 2.36. The van der Waals surface area contributed by atoms with E-state index in [2.05, 4.69) is 0 Å². The number of alkyl halides is 4. The number of nitrogens with zero attached hydrogens (tertiary/aromatic N) is 1. The van der Waals surface area contributed by atoms with Crippen LogP contribution in [0.4, 0.5) is 8.78 Å². The van der Waals surface area contributed by atoms with Crippen LogP contribution in [0, 0.1) is 5.92 Å². The summed E-state index contributed by atoms with van der Waals surface area (Å²) < 4.78 is 25.9. The van der Waals surface area contributed by atoms with Crippen LogP contribution in [0.15, 0.2) is 0 Å². The molecule has 0 spiro atoms. The predicted molar refractivity (Wildman–Crippen MR) is 64.9 cm³/mol. The van der Waals surface area contributed by atoms with Crippen molar-refractivity contribution in [2.75, 3.05) is 24.8 Å². The zero-order chi connectivity index (χ0) is 12.9. The second kappa shape index (κ2) is 6.74. The van der Waals surface area contributed by atoms with Crippen molar-refractivity contribution < 1.29 is 13.6 Å². The summed E-state index contributed by atoms with van der Waals surface area (Å²) in [6.07, 6.45) is 0.123. The molecule has 0 aromatic heterocycles. The standard InChI is InChI=1S/C11H17Cl2F2NO/c12-5-7-16(8-6-13)10(17)9-1-3-11(14,15)4-2-9/h9H,1-8H2. The van der Waals surface area contributed by atoms with E-state index in [4.69, 9.17) is 23.2 Å². The van der Waals surface area contributed by atoms with Crippen LogP contribution in [0.25, 0.3) is 0 Å². The average molecular weight is 288 g/mol. The minimum atomic E-state index is -2.60. The smallest absolute Gasteiger partial charge is 0.248 e. The van der Waals surface area contributed by atoms with E-state index in [0.717, 1.165) is 0 Å². The molecule has 100 valence electrons. The second-order valence-electron chi connectivity index (χ2n) is 4.33. The van der Waals surface area contributed by atoms with Crippen LogP contribution in [0.2, 0.25) is 0 Å². The Labute approximate surface area is 110 Å². The number of halogens is 4. The number of hydrogen-bond donors (Lipinski definition) is 0. The third-order valence-corrected chi connectivity index (χ3v) is 3.42. The van der Waals surface area contributed by atoms with Gasteiger partial charge in [0.2, 0.25) is 11.8 Å². The molecule has 0 N–H and O–H groups in total. The van der Waals surface area contributed by atoms with Gasteiger partial charge in [-0.1, -0.05) is 0 Å². The fourth-order valence-corrected chi connectivity index (χ4v) is 2.49. The number of amides is 1. The maximum atomic E-state index is 13.0. The molecule has 1 aliphatic carbocycles. The van der Waals surface area contributed by atoms with Gasteiger partial charge in [-0.3, -0.25) is 4.79 Å². The Hall–Kier alpha value is -0.0900. The van der Waals surface area contributed by atoms with Crippen LogP contribution in [-0.4, -0.2) is 41.6 Å². The Morgan fingerprint density at radius 2 is 1.65 bits per heavy atom. The molecule has 0 atom stereocenters. The second-order valence-corrected chi connectivity index (χ2v) is 5.09. The van der Waals surface area contributed by atoms with Gasteiger partial charge in [0.1, 0.15) is 0 Å². The summed E-state index contributed by atoms with van der Waals surface area (Å²) in [5.74, 6) is -2.29. The van der Waals surface area contributed by atoms with Crippen molar-refractivity contribution >= 4 is 29.1 Å². The van der Waals surface area contributed by atoms with Gasteiger partial charge in [-0.15, -0.1) is 23.2 Å². The van der Waals surface area contributed by atoms with Crippen LogP contribution >= 0.6 is 23.2 Å². The topological polar surface area (TPSA) is 20.3 Å². The molecule has 0 aliphatic heterocycles. The van der Waals surface area contributed by atoms with Crippen LogP contribution in [-0.2, 0) is 4.79 Å². The van der Waals surface area contributed by atoms with Crippen molar-refractivity contribution in [2.45, 2.75) is 31.6 Å². The molecule has 0 aromatic rings. The van der Waals surface area contributed by atoms with Crippen molar-refractivity contribution in [3.8, 4) is 0 Å². The van der Waals surface area contributed by atoms with Gasteiger partial charge in [0.05, 0.1) is 0 Å². The van der Waals surface area contributed by atoms with Crippen molar-refractivity contribution in [1.82, 2.24) is 4.90 Å². The molecule has 0 saturated heterocycles. The molecule has 0 unspecified atom stereocenters. The monoisotopic (exact) mass is 287 g/mol. The number of carbonyl (C=O) groups excluding carboxylic acids is 1. The van der Waals surface area contributed by atoms with Gasteiger partial charge in [0, 0.05) is 43.6 Å². The summed E-state index contributed by atoms with van der Waals surface area (Å²) in [6, 6.07) is 0. The number of rotatable bonds is 5. The lowest BCUT2D eigenvalue weighted by Crippen LogP contribution is -2.41. The highest BCUT2D eigenvalue weighted by molar-refractivity contribution is 6.18. The van der Waals surface area contributed by atoms with Crippen molar-refractivity contribution in [3.05, 3.63) is 0 Å². The van der Waals surface area contributed by atoms with E-state index in [1.165, 1.54) is 0 Å². The van der Waals surface area contributed by atoms with Gasteiger partial charge >= 0.3 is 0 Å². The van der Waals surface area contributed by atoms with E-state index >= 15 is 0 Å². The van der Waals surface area contributed by atoms with Crippen LogP contribution in [0.1, 0.15) is 25.7 Å². The summed E-state index contributed by atoms with van der Waals surface area (Å²) in [5, 5.41) is 0. The van der Waals surface area contributed by atoms with Gasteiger partial charge in [-0.25, -0.2) is 8.78 Å². The third-order valence-electron chi connectivity index (χ3n) is 3.09. The molecule has 0 bridgehead atoms. The van der Waals surface area contributed by atoms with E-state index in [9.17, 15) is 13.6 Å². The fourth-order valence-electron chi connectivity index (χ4n) is 2.08. The molecule has 17 heavy (non-hydrogen) atoms. The van der Waals surface area contributed by atoms with Gasteiger partial charge in [-0.2, -0.15) is 0 Å². The summed E-state index contributed by atoms with van der Waals surface area (Å²) in [6.45, 7) is 0.861. The summed E-state index contributed by atoms with van der Waals surface area (Å²) in [5.41, 5.74) is 0. The van der Waals surface area contributed by atoms with Crippen molar-refractivity contribution in [2.24, 2.45) is 5.92 Å². The molecule has 2 nitrogen and oxygen atoms in total. The van der Waals surface area contributed by atoms with Gasteiger partial charge in [0.15, 0.2) is 0 Å². The zero-order valence-electron chi connectivity index (χ0n) is 9.60. The molecule has 1 fully saturated rings. The van der Waals surface area contributed by atoms with Gasteiger partial charge < -0.3 is 4.90 Å². The molecule has 1 amide bonds. The van der Waals surface area contributed by atoms with E-state index in [-0.39, 0.29) is 37.5 Å². The minimum Gasteiger partial charge on any atom is -0.340 e. The first-order chi connectivity index (χ1) is 8.00. The maximum absolute atomic E-state index is 13.0. The molecule has 1 saturated carbocycles. The SMILES string of the molecule is O=C(C1CCC(F)(F)CC1)N(CCCl)CCCl. The van der Waals surface area contributed by atoms with E-state index in [0.29, 0.717) is 24.8 Å². The van der Waals surface area contributed by atoms with Crippen LogP contribution < -0.4 is 0 Å². The van der Waals surface area contributed by atoms with Crippen molar-refractivity contribution in [1.29, 1.82) is 0 Å². The highest BCUT2D eigenvalue weighted by atomic mass is 35.5. The molecule has 0 radical (unpaired) electrons.